The van der Waals surface area contributed by atoms with Crippen LogP contribution in [0.2, 0.25) is 10.0 Å². The molecule has 0 bridgehead atoms. The van der Waals surface area contributed by atoms with Crippen molar-refractivity contribution >= 4 is 40.7 Å². The summed E-state index contributed by atoms with van der Waals surface area (Å²) in [6.45, 7) is 0. The number of rotatable bonds is 7. The van der Waals surface area contributed by atoms with E-state index in [9.17, 15) is 9.59 Å². The lowest BCUT2D eigenvalue weighted by molar-refractivity contribution is -0.123. The maximum Gasteiger partial charge on any atom is 0.247 e. The quantitative estimate of drug-likeness (QED) is 0.484. The molecule has 0 fully saturated rings. The average molecular weight is 428 g/mol. The Kier molecular flexibility index (Phi) is 7.25. The normalized spacial score (nSPS) is 11.5. The highest BCUT2D eigenvalue weighted by atomic mass is 35.5. The second kappa shape index (κ2) is 10.1. The summed E-state index contributed by atoms with van der Waals surface area (Å²) in [5, 5.41) is 3.59. The van der Waals surface area contributed by atoms with Crippen LogP contribution in [0.1, 0.15) is 17.2 Å². The van der Waals surface area contributed by atoms with E-state index in [4.69, 9.17) is 23.2 Å². The van der Waals surface area contributed by atoms with E-state index in [1.54, 1.807) is 30.3 Å². The maximum atomic E-state index is 12.9. The smallest absolute Gasteiger partial charge is 0.247 e. The van der Waals surface area contributed by atoms with Gasteiger partial charge in [0.15, 0.2) is 0 Å². The lowest BCUT2D eigenvalue weighted by Crippen LogP contribution is -2.45. The van der Waals surface area contributed by atoms with Gasteiger partial charge in [-0.25, -0.2) is 5.43 Å². The molecule has 3 aromatic carbocycles. The van der Waals surface area contributed by atoms with Crippen molar-refractivity contribution in [2.45, 2.75) is 12.5 Å². The van der Waals surface area contributed by atoms with Gasteiger partial charge in [0, 0.05) is 15.7 Å². The van der Waals surface area contributed by atoms with Crippen LogP contribution < -0.4 is 16.2 Å². The van der Waals surface area contributed by atoms with Crippen LogP contribution in [0.15, 0.2) is 78.9 Å². The Balaban J connectivity index is 1.71. The summed E-state index contributed by atoms with van der Waals surface area (Å²) in [5.41, 5.74) is 7.48. The Morgan fingerprint density at radius 1 is 0.828 bits per heavy atom. The van der Waals surface area contributed by atoms with Crippen LogP contribution in [-0.2, 0) is 16.0 Å². The highest BCUT2D eigenvalue weighted by Crippen LogP contribution is 2.23. The molecule has 5 nitrogen and oxygen atoms in total. The zero-order chi connectivity index (χ0) is 20.6. The van der Waals surface area contributed by atoms with E-state index >= 15 is 0 Å². The molecule has 148 valence electrons. The minimum Gasteiger partial charge on any atom is -0.324 e. The Morgan fingerprint density at radius 3 is 2.03 bits per heavy atom. The third kappa shape index (κ3) is 6.32. The summed E-state index contributed by atoms with van der Waals surface area (Å²) < 4.78 is 0. The summed E-state index contributed by atoms with van der Waals surface area (Å²) in [4.78, 5) is 25.2. The molecule has 7 heteroatoms. The Morgan fingerprint density at radius 2 is 1.41 bits per heavy atom. The number of hydrogen-bond donors (Lipinski definition) is 3. The predicted molar refractivity (Wildman–Crippen MR) is 116 cm³/mol. The molecular formula is C22H19Cl2N3O2. The first kappa shape index (κ1) is 20.9. The minimum absolute atomic E-state index is 0.195. The second-order valence-electron chi connectivity index (χ2n) is 6.35. The lowest BCUT2D eigenvalue weighted by atomic mass is 10.1. The third-order valence-corrected chi connectivity index (χ3v) is 4.53. The van der Waals surface area contributed by atoms with Crippen LogP contribution in [0.4, 0.5) is 5.69 Å². The molecule has 2 amide bonds. The highest BCUT2D eigenvalue weighted by Gasteiger charge is 2.21. The number of nitrogens with one attached hydrogen (secondary N) is 3. The maximum absolute atomic E-state index is 12.9. The largest absolute Gasteiger partial charge is 0.324 e. The summed E-state index contributed by atoms with van der Waals surface area (Å²) in [6, 6.07) is 22.4. The summed E-state index contributed by atoms with van der Waals surface area (Å²) >= 11 is 12.0. The first-order valence-electron chi connectivity index (χ1n) is 8.91. The molecule has 0 saturated heterocycles. The molecule has 1 atom stereocenters. The molecule has 3 aromatic rings. The minimum atomic E-state index is -0.811. The van der Waals surface area contributed by atoms with Crippen molar-refractivity contribution in [1.82, 2.24) is 10.9 Å². The number of carbonyl (C=O) groups is 2. The van der Waals surface area contributed by atoms with Gasteiger partial charge in [-0.15, -0.1) is 0 Å². The Bertz CT molecular complexity index is 962. The number of amides is 2. The van der Waals surface area contributed by atoms with Crippen LogP contribution >= 0.6 is 23.2 Å². The molecule has 0 radical (unpaired) electrons. The lowest BCUT2D eigenvalue weighted by Gasteiger charge is -2.19. The summed E-state index contributed by atoms with van der Waals surface area (Å²) in [7, 11) is 0. The monoisotopic (exact) mass is 427 g/mol. The van der Waals surface area contributed by atoms with Crippen LogP contribution in [0.3, 0.4) is 0 Å². The van der Waals surface area contributed by atoms with E-state index in [1.807, 2.05) is 48.5 Å². The highest BCUT2D eigenvalue weighted by molar-refractivity contribution is 6.35. The van der Waals surface area contributed by atoms with Crippen molar-refractivity contribution in [3.8, 4) is 0 Å². The molecule has 0 aromatic heterocycles. The molecule has 0 aliphatic heterocycles. The molecule has 0 aliphatic carbocycles. The first-order valence-corrected chi connectivity index (χ1v) is 9.67. The Hall–Kier alpha value is -2.86. The zero-order valence-electron chi connectivity index (χ0n) is 15.4. The molecule has 3 rings (SSSR count). The predicted octanol–water partition coefficient (Wildman–Crippen LogP) is 4.54. The number of benzene rings is 3. The molecule has 29 heavy (non-hydrogen) atoms. The molecule has 1 unspecified atom stereocenters. The fourth-order valence-electron chi connectivity index (χ4n) is 2.76. The molecular weight excluding hydrogens is 409 g/mol. The SMILES string of the molecule is O=C(Cc1ccccc1)NNC(C(=O)Nc1cc(Cl)cc(Cl)c1)c1ccccc1. The third-order valence-electron chi connectivity index (χ3n) is 4.09. The average Bonchev–Trinajstić information content (AvgIpc) is 2.69. The molecule has 0 saturated carbocycles. The summed E-state index contributed by atoms with van der Waals surface area (Å²) in [5.74, 6) is -0.620. The number of carbonyl (C=O) groups excluding carboxylic acids is 2. The summed E-state index contributed by atoms with van der Waals surface area (Å²) in [6.07, 6.45) is 0.195. The van der Waals surface area contributed by atoms with Crippen LogP contribution in [0.25, 0.3) is 0 Å². The Labute approximate surface area is 179 Å². The van der Waals surface area contributed by atoms with Gasteiger partial charge in [-0.1, -0.05) is 83.9 Å². The zero-order valence-corrected chi connectivity index (χ0v) is 16.9. The fourth-order valence-corrected chi connectivity index (χ4v) is 3.29. The van der Waals surface area contributed by atoms with Gasteiger partial charge in [0.2, 0.25) is 11.8 Å². The van der Waals surface area contributed by atoms with Crippen molar-refractivity contribution in [2.75, 3.05) is 5.32 Å². The van der Waals surface area contributed by atoms with Gasteiger partial charge in [0.25, 0.3) is 0 Å². The first-order chi connectivity index (χ1) is 14.0. The van der Waals surface area contributed by atoms with Gasteiger partial charge < -0.3 is 5.32 Å². The van der Waals surface area contributed by atoms with Crippen LogP contribution in [0, 0.1) is 0 Å². The van der Waals surface area contributed by atoms with Gasteiger partial charge in [0.05, 0.1) is 6.42 Å². The van der Waals surface area contributed by atoms with Gasteiger partial charge in [-0.2, -0.15) is 0 Å². The van der Waals surface area contributed by atoms with Gasteiger partial charge >= 0.3 is 0 Å². The van der Waals surface area contributed by atoms with Crippen molar-refractivity contribution in [3.05, 3.63) is 100 Å². The number of anilines is 1. The van der Waals surface area contributed by atoms with Crippen LogP contribution in [0.5, 0.6) is 0 Å². The molecule has 3 N–H and O–H groups in total. The van der Waals surface area contributed by atoms with E-state index in [0.29, 0.717) is 21.3 Å². The van der Waals surface area contributed by atoms with E-state index in [2.05, 4.69) is 16.2 Å². The van der Waals surface area contributed by atoms with Crippen molar-refractivity contribution in [3.63, 3.8) is 0 Å². The number of hydrogen-bond acceptors (Lipinski definition) is 3. The van der Waals surface area contributed by atoms with Crippen molar-refractivity contribution in [1.29, 1.82) is 0 Å². The molecule has 0 spiro atoms. The van der Waals surface area contributed by atoms with E-state index in [0.717, 1.165) is 5.56 Å². The van der Waals surface area contributed by atoms with Gasteiger partial charge in [-0.05, 0) is 29.3 Å². The number of halogens is 2. The van der Waals surface area contributed by atoms with E-state index in [1.165, 1.54) is 0 Å². The van der Waals surface area contributed by atoms with E-state index in [-0.39, 0.29) is 18.2 Å². The topological polar surface area (TPSA) is 70.2 Å². The second-order valence-corrected chi connectivity index (χ2v) is 7.22. The standard InChI is InChI=1S/C22H19Cl2N3O2/c23-17-12-18(24)14-19(13-17)25-22(29)21(16-9-5-2-6-10-16)27-26-20(28)11-15-7-3-1-4-8-15/h1-10,12-14,21,27H,11H2,(H,25,29)(H,26,28). The van der Waals surface area contributed by atoms with Gasteiger partial charge in [-0.3, -0.25) is 15.0 Å². The van der Waals surface area contributed by atoms with Crippen molar-refractivity contribution < 1.29 is 9.59 Å². The van der Waals surface area contributed by atoms with Gasteiger partial charge in [0.1, 0.15) is 6.04 Å². The van der Waals surface area contributed by atoms with Crippen LogP contribution in [-0.4, -0.2) is 11.8 Å². The number of hydrazine groups is 1. The van der Waals surface area contributed by atoms with E-state index < -0.39 is 6.04 Å². The fraction of sp³-hybridized carbons (Fsp3) is 0.0909. The molecule has 0 aliphatic rings. The molecule has 0 heterocycles. The van der Waals surface area contributed by atoms with Crippen molar-refractivity contribution in [2.24, 2.45) is 0 Å².